The Labute approximate surface area is 116 Å². The molecule has 0 aromatic carbocycles. The molecule has 5 heteroatoms. The third kappa shape index (κ3) is 2.19. The van der Waals surface area contributed by atoms with Gasteiger partial charge in [-0.15, -0.1) is 0 Å². The summed E-state index contributed by atoms with van der Waals surface area (Å²) in [6.07, 6.45) is 6.55. The number of carbonyl (C=O) groups is 1. The molecule has 0 aliphatic heterocycles. The van der Waals surface area contributed by atoms with Gasteiger partial charge < -0.3 is 9.13 Å². The van der Waals surface area contributed by atoms with Gasteiger partial charge in [0, 0.05) is 56.2 Å². The Morgan fingerprint density at radius 2 is 2.10 bits per heavy atom. The summed E-state index contributed by atoms with van der Waals surface area (Å²) in [7, 11) is 1.94. The highest BCUT2D eigenvalue weighted by Gasteiger charge is 2.20. The highest BCUT2D eigenvalue weighted by molar-refractivity contribution is 5.97. The normalized spacial score (nSPS) is 14.3. The number of carbonyl (C=O) groups excluding carboxylic acids is 1. The van der Waals surface area contributed by atoms with Gasteiger partial charge in [-0.2, -0.15) is 0 Å². The van der Waals surface area contributed by atoms with E-state index >= 15 is 0 Å². The molecule has 5 nitrogen and oxygen atoms in total. The summed E-state index contributed by atoms with van der Waals surface area (Å²) in [6.45, 7) is 0.570. The van der Waals surface area contributed by atoms with Crippen LogP contribution in [0.1, 0.15) is 34.7 Å². The molecule has 0 N–H and O–H groups in total. The molecule has 2 aromatic heterocycles. The molecule has 0 bridgehead atoms. The molecule has 20 heavy (non-hydrogen) atoms. The van der Waals surface area contributed by atoms with Gasteiger partial charge in [-0.1, -0.05) is 0 Å². The topological polar surface area (TPSA) is 56.9 Å². The fourth-order valence-electron chi connectivity index (χ4n) is 2.79. The molecule has 2 heterocycles. The lowest BCUT2D eigenvalue weighted by molar-refractivity contribution is 0.0970. The second kappa shape index (κ2) is 5.07. The Kier molecular flexibility index (Phi) is 3.26. The van der Waals surface area contributed by atoms with Crippen molar-refractivity contribution in [2.24, 2.45) is 7.05 Å². The number of nitrogens with zero attached hydrogens (tertiary/aromatic N) is 3. The number of hydrogen-bond acceptors (Lipinski definition) is 3. The molecule has 0 unspecified atom stereocenters. The average Bonchev–Trinajstić information content (AvgIpc) is 2.83. The zero-order valence-corrected chi connectivity index (χ0v) is 11.5. The number of imidazole rings is 1. The van der Waals surface area contributed by atoms with Crippen molar-refractivity contribution < 1.29 is 4.79 Å². The predicted octanol–water partition coefficient (Wildman–Crippen LogP) is 1.34. The van der Waals surface area contributed by atoms with E-state index in [2.05, 4.69) is 4.98 Å². The number of ketones is 1. The van der Waals surface area contributed by atoms with Crippen molar-refractivity contribution >= 4 is 5.78 Å². The summed E-state index contributed by atoms with van der Waals surface area (Å²) in [4.78, 5) is 28.2. The van der Waals surface area contributed by atoms with Crippen molar-refractivity contribution in [3.8, 4) is 0 Å². The van der Waals surface area contributed by atoms with Crippen LogP contribution in [0.2, 0.25) is 0 Å². The molecule has 104 valence electrons. The van der Waals surface area contributed by atoms with E-state index in [0.717, 1.165) is 29.9 Å². The van der Waals surface area contributed by atoms with Crippen molar-refractivity contribution in [3.05, 3.63) is 52.0 Å². The Bertz CT molecular complexity index is 712. The minimum Gasteiger partial charge on any atom is -0.338 e. The Hall–Kier alpha value is -2.17. The van der Waals surface area contributed by atoms with Crippen LogP contribution >= 0.6 is 0 Å². The van der Waals surface area contributed by atoms with E-state index in [1.807, 2.05) is 17.8 Å². The van der Waals surface area contributed by atoms with Gasteiger partial charge in [-0.05, 0) is 18.9 Å². The minimum absolute atomic E-state index is 0.0346. The maximum absolute atomic E-state index is 12.1. The molecular weight excluding hydrogens is 254 g/mol. The first-order chi connectivity index (χ1) is 9.66. The van der Waals surface area contributed by atoms with Gasteiger partial charge in [-0.25, -0.2) is 4.98 Å². The summed E-state index contributed by atoms with van der Waals surface area (Å²) < 4.78 is 3.69. The van der Waals surface area contributed by atoms with E-state index in [4.69, 9.17) is 0 Å². The van der Waals surface area contributed by atoms with Crippen LogP contribution in [0, 0.1) is 0 Å². The molecule has 0 spiro atoms. The summed E-state index contributed by atoms with van der Waals surface area (Å²) >= 11 is 0. The number of pyridine rings is 1. The Morgan fingerprint density at radius 1 is 1.25 bits per heavy atom. The standard InChI is InChI=1S/C15H17N3O2/c1-17-10-8-16-14(17)7-9-18-12-3-2-4-13(19)11(12)5-6-15(18)20/h5-6,8,10H,2-4,7,9H2,1H3. The summed E-state index contributed by atoms with van der Waals surface area (Å²) in [5.41, 5.74) is 1.58. The monoisotopic (exact) mass is 271 g/mol. The number of fused-ring (bicyclic) bond motifs is 1. The average molecular weight is 271 g/mol. The van der Waals surface area contributed by atoms with Gasteiger partial charge in [0.1, 0.15) is 5.82 Å². The largest absolute Gasteiger partial charge is 0.338 e. The first-order valence-electron chi connectivity index (χ1n) is 6.89. The summed E-state index contributed by atoms with van der Waals surface area (Å²) in [6, 6.07) is 3.18. The van der Waals surface area contributed by atoms with Crippen LogP contribution in [0.25, 0.3) is 0 Å². The second-order valence-electron chi connectivity index (χ2n) is 5.16. The van der Waals surface area contributed by atoms with E-state index in [1.165, 1.54) is 6.07 Å². The first-order valence-corrected chi connectivity index (χ1v) is 6.89. The maximum atomic E-state index is 12.1. The van der Waals surface area contributed by atoms with Gasteiger partial charge in [0.15, 0.2) is 5.78 Å². The molecule has 2 aromatic rings. The fraction of sp³-hybridized carbons (Fsp3) is 0.400. The number of Topliss-reactive ketones (excluding diaryl/α,β-unsaturated/α-hetero) is 1. The third-order valence-electron chi connectivity index (χ3n) is 3.89. The zero-order valence-electron chi connectivity index (χ0n) is 11.5. The van der Waals surface area contributed by atoms with Crippen LogP contribution in [0.3, 0.4) is 0 Å². The van der Waals surface area contributed by atoms with Crippen LogP contribution in [0.4, 0.5) is 0 Å². The van der Waals surface area contributed by atoms with Crippen LogP contribution in [0.15, 0.2) is 29.3 Å². The van der Waals surface area contributed by atoms with Crippen molar-refractivity contribution in [2.75, 3.05) is 0 Å². The minimum atomic E-state index is -0.0346. The number of aryl methyl sites for hydroxylation is 2. The van der Waals surface area contributed by atoms with Crippen molar-refractivity contribution in [2.45, 2.75) is 32.2 Å². The van der Waals surface area contributed by atoms with E-state index in [9.17, 15) is 9.59 Å². The van der Waals surface area contributed by atoms with Crippen LogP contribution < -0.4 is 5.56 Å². The Morgan fingerprint density at radius 3 is 2.85 bits per heavy atom. The number of rotatable bonds is 3. The van der Waals surface area contributed by atoms with Gasteiger partial charge in [0.25, 0.3) is 5.56 Å². The Balaban J connectivity index is 1.93. The summed E-state index contributed by atoms with van der Waals surface area (Å²) in [5.74, 6) is 1.09. The maximum Gasteiger partial charge on any atom is 0.250 e. The van der Waals surface area contributed by atoms with Crippen molar-refractivity contribution in [3.63, 3.8) is 0 Å². The lowest BCUT2D eigenvalue weighted by Crippen LogP contribution is -2.28. The molecular formula is C15H17N3O2. The number of aromatic nitrogens is 3. The fourth-order valence-corrected chi connectivity index (χ4v) is 2.79. The molecule has 1 aliphatic carbocycles. The van der Waals surface area contributed by atoms with Gasteiger partial charge >= 0.3 is 0 Å². The molecule has 0 saturated carbocycles. The highest BCUT2D eigenvalue weighted by Crippen LogP contribution is 2.19. The quantitative estimate of drug-likeness (QED) is 0.846. The van der Waals surface area contributed by atoms with E-state index in [1.54, 1.807) is 16.8 Å². The SMILES string of the molecule is Cn1ccnc1CCn1c2c(ccc1=O)C(=O)CCC2. The van der Waals surface area contributed by atoms with Crippen LogP contribution in [0.5, 0.6) is 0 Å². The predicted molar refractivity (Wildman–Crippen MR) is 74.9 cm³/mol. The molecule has 0 radical (unpaired) electrons. The second-order valence-corrected chi connectivity index (χ2v) is 5.16. The van der Waals surface area contributed by atoms with Crippen molar-refractivity contribution in [1.82, 2.24) is 14.1 Å². The lowest BCUT2D eigenvalue weighted by atomic mass is 9.94. The molecule has 3 rings (SSSR count). The summed E-state index contributed by atoms with van der Waals surface area (Å²) in [5, 5.41) is 0. The van der Waals surface area contributed by atoms with Gasteiger partial charge in [0.05, 0.1) is 0 Å². The smallest absolute Gasteiger partial charge is 0.250 e. The highest BCUT2D eigenvalue weighted by atomic mass is 16.1. The third-order valence-corrected chi connectivity index (χ3v) is 3.89. The van der Waals surface area contributed by atoms with E-state index in [-0.39, 0.29) is 11.3 Å². The molecule has 1 aliphatic rings. The molecule has 0 amide bonds. The van der Waals surface area contributed by atoms with Crippen LogP contribution in [-0.4, -0.2) is 19.9 Å². The molecule has 0 saturated heterocycles. The van der Waals surface area contributed by atoms with E-state index < -0.39 is 0 Å². The zero-order chi connectivity index (χ0) is 14.1. The van der Waals surface area contributed by atoms with Gasteiger partial charge in [0.2, 0.25) is 0 Å². The molecule has 0 atom stereocenters. The van der Waals surface area contributed by atoms with Crippen molar-refractivity contribution in [1.29, 1.82) is 0 Å². The van der Waals surface area contributed by atoms with Crippen LogP contribution in [-0.2, 0) is 26.4 Å². The van der Waals surface area contributed by atoms with E-state index in [0.29, 0.717) is 19.4 Å². The number of hydrogen-bond donors (Lipinski definition) is 0. The first kappa shape index (κ1) is 12.8. The lowest BCUT2D eigenvalue weighted by Gasteiger charge is -2.19. The molecule has 0 fully saturated rings. The van der Waals surface area contributed by atoms with Gasteiger partial charge in [-0.3, -0.25) is 9.59 Å².